The third-order valence-corrected chi connectivity index (χ3v) is 10.4. The van der Waals surface area contributed by atoms with Gasteiger partial charge in [-0.1, -0.05) is 146 Å². The highest BCUT2D eigenvalue weighted by atomic mass is 14.7. The van der Waals surface area contributed by atoms with Crippen molar-refractivity contribution >= 4 is 0 Å². The van der Waals surface area contributed by atoms with Crippen molar-refractivity contribution in [3.63, 3.8) is 0 Å². The van der Waals surface area contributed by atoms with Gasteiger partial charge in [-0.15, -0.1) is 0 Å². The van der Waals surface area contributed by atoms with E-state index in [0.717, 1.165) is 5.69 Å². The molecule has 0 saturated carbocycles. The average Bonchev–Trinajstić information content (AvgIpc) is 3.57. The summed E-state index contributed by atoms with van der Waals surface area (Å²) in [7, 11) is 0. The highest BCUT2D eigenvalue weighted by Crippen LogP contribution is 2.67. The summed E-state index contributed by atoms with van der Waals surface area (Å²) < 4.78 is 0. The lowest BCUT2D eigenvalue weighted by atomic mass is 9.52. The Balaban J connectivity index is 1.41. The molecule has 0 atom stereocenters. The van der Waals surface area contributed by atoms with Gasteiger partial charge in [-0.05, 0) is 78.9 Å². The number of aromatic nitrogens is 1. The maximum Gasteiger partial charge on any atom is 0.0720 e. The van der Waals surface area contributed by atoms with Gasteiger partial charge in [0, 0.05) is 11.8 Å². The molecule has 0 amide bonds. The van der Waals surface area contributed by atoms with E-state index >= 15 is 0 Å². The van der Waals surface area contributed by atoms with Crippen LogP contribution in [0.3, 0.4) is 0 Å². The van der Waals surface area contributed by atoms with Gasteiger partial charge < -0.3 is 0 Å². The Bertz CT molecular complexity index is 2200. The number of rotatable bonds is 1. The van der Waals surface area contributed by atoms with Gasteiger partial charge in [-0.25, -0.2) is 0 Å². The Morgan fingerprint density at radius 3 is 1.20 bits per heavy atom. The minimum atomic E-state index is -0.471. The van der Waals surface area contributed by atoms with E-state index in [0.29, 0.717) is 0 Å². The van der Waals surface area contributed by atoms with E-state index in [1.807, 2.05) is 12.3 Å². The van der Waals surface area contributed by atoms with Crippen molar-refractivity contribution in [3.8, 4) is 33.5 Å². The molecular formula is C43H27N. The third kappa shape index (κ3) is 2.65. The van der Waals surface area contributed by atoms with Crippen LogP contribution in [0.25, 0.3) is 33.5 Å². The van der Waals surface area contributed by atoms with Gasteiger partial charge in [0.2, 0.25) is 0 Å². The summed E-state index contributed by atoms with van der Waals surface area (Å²) >= 11 is 0. The molecular weight excluding hydrogens is 530 g/mol. The van der Waals surface area contributed by atoms with Crippen molar-refractivity contribution < 1.29 is 0 Å². The molecule has 44 heavy (non-hydrogen) atoms. The topological polar surface area (TPSA) is 12.9 Å². The van der Waals surface area contributed by atoms with E-state index in [9.17, 15) is 0 Å². The molecule has 0 unspecified atom stereocenters. The molecule has 7 aromatic rings. The molecule has 0 radical (unpaired) electrons. The molecule has 2 spiro atoms. The van der Waals surface area contributed by atoms with E-state index in [1.165, 1.54) is 72.3 Å². The standard InChI is InChI=1S/C43H27N/c1-4-18-32-28(14-1)29-15-2-5-19-33(29)42(32)35-21-7-9-23-37(35)43(38-24-10-8-22-36(38)42)34-20-6-3-16-30(34)41-31(17-13-25-39(41)43)40-26-11-12-27-44-40/h1-27H. The van der Waals surface area contributed by atoms with Gasteiger partial charge in [0.25, 0.3) is 0 Å². The smallest absolute Gasteiger partial charge is 0.0720 e. The molecule has 0 saturated heterocycles. The Kier molecular flexibility index (Phi) is 4.64. The van der Waals surface area contributed by atoms with Crippen molar-refractivity contribution in [2.45, 2.75) is 10.8 Å². The minimum absolute atomic E-state index is 0.415. The molecule has 0 aliphatic heterocycles. The van der Waals surface area contributed by atoms with Gasteiger partial charge in [0.1, 0.15) is 0 Å². The summed E-state index contributed by atoms with van der Waals surface area (Å²) in [6.07, 6.45) is 1.90. The molecule has 10 rings (SSSR count). The fourth-order valence-electron chi connectivity index (χ4n) is 9.02. The van der Waals surface area contributed by atoms with E-state index in [4.69, 9.17) is 4.98 Å². The number of benzene rings is 6. The molecule has 0 bridgehead atoms. The largest absolute Gasteiger partial charge is 0.256 e. The van der Waals surface area contributed by atoms with Crippen molar-refractivity contribution in [1.82, 2.24) is 4.98 Å². The zero-order valence-electron chi connectivity index (χ0n) is 24.0. The Morgan fingerprint density at radius 2 is 0.682 bits per heavy atom. The van der Waals surface area contributed by atoms with Crippen LogP contribution in [0.1, 0.15) is 44.5 Å². The number of pyridine rings is 1. The molecule has 1 nitrogen and oxygen atoms in total. The number of fused-ring (bicyclic) bond motifs is 16. The predicted molar refractivity (Wildman–Crippen MR) is 178 cm³/mol. The predicted octanol–water partition coefficient (Wildman–Crippen LogP) is 9.79. The molecule has 0 fully saturated rings. The molecule has 1 heterocycles. The highest BCUT2D eigenvalue weighted by molar-refractivity contribution is 5.97. The van der Waals surface area contributed by atoms with E-state index in [-0.39, 0.29) is 0 Å². The van der Waals surface area contributed by atoms with Crippen LogP contribution in [0.5, 0.6) is 0 Å². The van der Waals surface area contributed by atoms with Crippen molar-refractivity contribution in [1.29, 1.82) is 0 Å². The van der Waals surface area contributed by atoms with E-state index in [2.05, 4.69) is 152 Å². The first-order chi connectivity index (χ1) is 21.9. The summed E-state index contributed by atoms with van der Waals surface area (Å²) in [5, 5.41) is 0. The maximum absolute atomic E-state index is 4.83. The minimum Gasteiger partial charge on any atom is -0.256 e. The molecule has 3 aliphatic carbocycles. The lowest BCUT2D eigenvalue weighted by Gasteiger charge is -2.48. The zero-order valence-corrected chi connectivity index (χ0v) is 24.0. The molecule has 1 aromatic heterocycles. The van der Waals surface area contributed by atoms with E-state index < -0.39 is 10.8 Å². The van der Waals surface area contributed by atoms with Crippen LogP contribution < -0.4 is 0 Å². The summed E-state index contributed by atoms with van der Waals surface area (Å²) in [6.45, 7) is 0. The van der Waals surface area contributed by atoms with Crippen LogP contribution in [0.15, 0.2) is 164 Å². The highest BCUT2D eigenvalue weighted by Gasteiger charge is 2.58. The molecule has 204 valence electrons. The molecule has 3 aliphatic rings. The van der Waals surface area contributed by atoms with Crippen LogP contribution >= 0.6 is 0 Å². The summed E-state index contributed by atoms with van der Waals surface area (Å²) in [4.78, 5) is 4.83. The first-order valence-corrected chi connectivity index (χ1v) is 15.4. The Labute approximate surface area is 257 Å². The second-order valence-electron chi connectivity index (χ2n) is 12.2. The number of hydrogen-bond acceptors (Lipinski definition) is 1. The first-order valence-electron chi connectivity index (χ1n) is 15.4. The van der Waals surface area contributed by atoms with Gasteiger partial charge in [0.05, 0.1) is 16.5 Å². The first kappa shape index (κ1) is 24.0. The van der Waals surface area contributed by atoms with E-state index in [1.54, 1.807) is 0 Å². The van der Waals surface area contributed by atoms with Gasteiger partial charge in [0.15, 0.2) is 0 Å². The summed E-state index contributed by atoms with van der Waals surface area (Å²) in [5.41, 5.74) is 17.4. The molecule has 0 N–H and O–H groups in total. The average molecular weight is 558 g/mol. The maximum atomic E-state index is 4.83. The van der Waals surface area contributed by atoms with Crippen LogP contribution in [0.4, 0.5) is 0 Å². The number of hydrogen-bond donors (Lipinski definition) is 0. The van der Waals surface area contributed by atoms with Crippen molar-refractivity contribution in [3.05, 3.63) is 208 Å². The SMILES string of the molecule is c1ccc(-c2cccc3c2-c2ccccc2C32c3ccccc3C3(c4ccccc4-c4ccccc43)c3ccccc32)nc1. The van der Waals surface area contributed by atoms with Crippen molar-refractivity contribution in [2.75, 3.05) is 0 Å². The van der Waals surface area contributed by atoms with Gasteiger partial charge >= 0.3 is 0 Å². The quantitative estimate of drug-likeness (QED) is 0.196. The second-order valence-corrected chi connectivity index (χ2v) is 12.2. The van der Waals surface area contributed by atoms with Gasteiger partial charge in [-0.3, -0.25) is 4.98 Å². The fourth-order valence-corrected chi connectivity index (χ4v) is 9.02. The summed E-state index contributed by atoms with van der Waals surface area (Å²) in [6, 6.07) is 58.7. The molecule has 6 aromatic carbocycles. The van der Waals surface area contributed by atoms with Crippen molar-refractivity contribution in [2.24, 2.45) is 0 Å². The Hall–Kier alpha value is -5.53. The third-order valence-electron chi connectivity index (χ3n) is 10.4. The fraction of sp³-hybridized carbons (Fsp3) is 0.0465. The lowest BCUT2D eigenvalue weighted by molar-refractivity contribution is 0.633. The number of nitrogens with zero attached hydrogens (tertiary/aromatic N) is 1. The zero-order chi connectivity index (χ0) is 28.9. The monoisotopic (exact) mass is 557 g/mol. The van der Waals surface area contributed by atoms with Crippen LogP contribution in [0, 0.1) is 0 Å². The normalized spacial score (nSPS) is 15.2. The van der Waals surface area contributed by atoms with Crippen LogP contribution in [0.2, 0.25) is 0 Å². The molecule has 1 heteroatoms. The summed E-state index contributed by atoms with van der Waals surface area (Å²) in [5.74, 6) is 0. The van der Waals surface area contributed by atoms with Gasteiger partial charge in [-0.2, -0.15) is 0 Å². The van der Waals surface area contributed by atoms with Crippen LogP contribution in [-0.2, 0) is 10.8 Å². The van der Waals surface area contributed by atoms with Crippen LogP contribution in [-0.4, -0.2) is 4.98 Å². The lowest BCUT2D eigenvalue weighted by Crippen LogP contribution is -2.43. The second kappa shape index (κ2) is 8.52. The Morgan fingerprint density at radius 1 is 0.295 bits per heavy atom.